The summed E-state index contributed by atoms with van der Waals surface area (Å²) < 4.78 is 26.0. The van der Waals surface area contributed by atoms with Crippen molar-refractivity contribution >= 4 is 38.9 Å². The molecule has 1 amide bonds. The summed E-state index contributed by atoms with van der Waals surface area (Å²) in [6.07, 6.45) is 0. The van der Waals surface area contributed by atoms with Gasteiger partial charge in [0, 0.05) is 23.0 Å². The Kier molecular flexibility index (Phi) is 6.46. The van der Waals surface area contributed by atoms with Gasteiger partial charge < -0.3 is 5.32 Å². The predicted octanol–water partition coefficient (Wildman–Crippen LogP) is 3.40. The fourth-order valence-corrected chi connectivity index (χ4v) is 4.50. The van der Waals surface area contributed by atoms with Gasteiger partial charge in [-0.05, 0) is 24.3 Å². The van der Waals surface area contributed by atoms with Crippen molar-refractivity contribution in [2.24, 2.45) is 0 Å². The number of sulfonamides is 1. The van der Waals surface area contributed by atoms with Crippen molar-refractivity contribution in [3.8, 4) is 10.6 Å². The largest absolute Gasteiger partial charge is 0.349 e. The number of aromatic nitrogens is 1. The van der Waals surface area contributed by atoms with Gasteiger partial charge >= 0.3 is 0 Å². The molecule has 0 aliphatic carbocycles. The molecule has 1 N–H and O–H groups in total. The quantitative estimate of drug-likeness (QED) is 0.616. The first-order chi connectivity index (χ1) is 13.4. The van der Waals surface area contributed by atoms with E-state index in [1.165, 1.54) is 42.6 Å². The molecule has 0 aliphatic heterocycles. The van der Waals surface area contributed by atoms with Crippen LogP contribution in [0.2, 0.25) is 5.02 Å². The molecule has 0 bridgehead atoms. The minimum absolute atomic E-state index is 0.0826. The minimum atomic E-state index is -3.77. The van der Waals surface area contributed by atoms with Crippen LogP contribution in [0.15, 0.2) is 64.9 Å². The van der Waals surface area contributed by atoms with Gasteiger partial charge in [-0.3, -0.25) is 4.79 Å². The maximum Gasteiger partial charge on any atom is 0.243 e. The number of likely N-dealkylation sites (N-methyl/N-ethyl adjacent to an activating group) is 1. The molecule has 2 aromatic carbocycles. The maximum absolute atomic E-state index is 12.5. The summed E-state index contributed by atoms with van der Waals surface area (Å²) in [4.78, 5) is 16.8. The molecule has 0 atom stereocenters. The molecule has 1 aromatic heterocycles. The zero-order valence-corrected chi connectivity index (χ0v) is 17.4. The molecule has 3 rings (SSSR count). The lowest BCUT2D eigenvalue weighted by molar-refractivity contribution is -0.121. The first-order valence-corrected chi connectivity index (χ1v) is 11.0. The second-order valence-electron chi connectivity index (χ2n) is 6.00. The Hall–Kier alpha value is -2.26. The second kappa shape index (κ2) is 8.83. The molecule has 0 radical (unpaired) electrons. The van der Waals surface area contributed by atoms with Crippen molar-refractivity contribution in [2.75, 3.05) is 13.6 Å². The lowest BCUT2D eigenvalue weighted by atomic mass is 10.2. The zero-order chi connectivity index (χ0) is 20.1. The van der Waals surface area contributed by atoms with E-state index in [1.807, 2.05) is 35.7 Å². The van der Waals surface area contributed by atoms with E-state index >= 15 is 0 Å². The van der Waals surface area contributed by atoms with Gasteiger partial charge in [0.2, 0.25) is 15.9 Å². The fraction of sp³-hybridized carbons (Fsp3) is 0.158. The SMILES string of the molecule is CN(CC(=O)NCc1csc(-c2ccccc2)n1)S(=O)(=O)c1ccc(Cl)cc1. The summed E-state index contributed by atoms with van der Waals surface area (Å²) >= 11 is 7.28. The monoisotopic (exact) mass is 435 g/mol. The summed E-state index contributed by atoms with van der Waals surface area (Å²) in [5.41, 5.74) is 1.74. The number of amides is 1. The zero-order valence-electron chi connectivity index (χ0n) is 15.0. The Labute approximate surface area is 172 Å². The van der Waals surface area contributed by atoms with Crippen molar-refractivity contribution in [1.29, 1.82) is 0 Å². The van der Waals surface area contributed by atoms with Gasteiger partial charge in [-0.1, -0.05) is 41.9 Å². The highest BCUT2D eigenvalue weighted by Crippen LogP contribution is 2.23. The van der Waals surface area contributed by atoms with E-state index in [0.717, 1.165) is 20.6 Å². The van der Waals surface area contributed by atoms with E-state index in [2.05, 4.69) is 10.3 Å². The lowest BCUT2D eigenvalue weighted by Gasteiger charge is -2.16. The fourth-order valence-electron chi connectivity index (χ4n) is 2.42. The van der Waals surface area contributed by atoms with E-state index in [-0.39, 0.29) is 18.0 Å². The van der Waals surface area contributed by atoms with Crippen LogP contribution in [0.5, 0.6) is 0 Å². The van der Waals surface area contributed by atoms with E-state index in [1.54, 1.807) is 0 Å². The smallest absolute Gasteiger partial charge is 0.243 e. The highest BCUT2D eigenvalue weighted by Gasteiger charge is 2.22. The maximum atomic E-state index is 12.5. The summed E-state index contributed by atoms with van der Waals surface area (Å²) in [5.74, 6) is -0.408. The standard InChI is InChI=1S/C19H18ClN3O3S2/c1-23(28(25,26)17-9-7-15(20)8-10-17)12-18(24)21-11-16-13-27-19(22-16)14-5-3-2-4-6-14/h2-10,13H,11-12H2,1H3,(H,21,24). The highest BCUT2D eigenvalue weighted by molar-refractivity contribution is 7.89. The molecule has 0 aliphatic rings. The van der Waals surface area contributed by atoms with E-state index in [0.29, 0.717) is 5.02 Å². The van der Waals surface area contributed by atoms with E-state index in [9.17, 15) is 13.2 Å². The topological polar surface area (TPSA) is 79.4 Å². The van der Waals surface area contributed by atoms with Gasteiger partial charge in [-0.2, -0.15) is 4.31 Å². The Morgan fingerprint density at radius 2 is 1.82 bits per heavy atom. The molecule has 0 unspecified atom stereocenters. The van der Waals surface area contributed by atoms with Crippen LogP contribution >= 0.6 is 22.9 Å². The molecule has 3 aromatic rings. The third kappa shape index (κ3) is 4.96. The Morgan fingerprint density at radius 3 is 2.50 bits per heavy atom. The summed E-state index contributed by atoms with van der Waals surface area (Å²) in [6, 6.07) is 15.6. The van der Waals surface area contributed by atoms with Gasteiger partial charge in [0.25, 0.3) is 0 Å². The van der Waals surface area contributed by atoms with Crippen molar-refractivity contribution < 1.29 is 13.2 Å². The van der Waals surface area contributed by atoms with Crippen LogP contribution in [0.3, 0.4) is 0 Å². The van der Waals surface area contributed by atoms with Crippen LogP contribution in [0, 0.1) is 0 Å². The molecule has 0 fully saturated rings. The molecule has 28 heavy (non-hydrogen) atoms. The van der Waals surface area contributed by atoms with Crippen LogP contribution in [0.4, 0.5) is 0 Å². The Morgan fingerprint density at radius 1 is 1.14 bits per heavy atom. The van der Waals surface area contributed by atoms with Gasteiger partial charge in [0.05, 0.1) is 23.7 Å². The van der Waals surface area contributed by atoms with Gasteiger partial charge in [0.15, 0.2) is 0 Å². The summed E-state index contributed by atoms with van der Waals surface area (Å²) in [6.45, 7) is -0.0579. The Balaban J connectivity index is 1.57. The number of thiazole rings is 1. The number of rotatable bonds is 7. The number of carbonyl (C=O) groups is 1. The van der Waals surface area contributed by atoms with Gasteiger partial charge in [0.1, 0.15) is 5.01 Å². The molecule has 0 saturated carbocycles. The third-order valence-electron chi connectivity index (χ3n) is 3.93. The average molecular weight is 436 g/mol. The van der Waals surface area contributed by atoms with Gasteiger partial charge in [-0.25, -0.2) is 13.4 Å². The first kappa shape index (κ1) is 20.5. The molecule has 9 heteroatoms. The van der Waals surface area contributed by atoms with Gasteiger partial charge in [-0.15, -0.1) is 11.3 Å². The van der Waals surface area contributed by atoms with E-state index < -0.39 is 15.9 Å². The first-order valence-electron chi connectivity index (χ1n) is 8.35. The van der Waals surface area contributed by atoms with E-state index in [4.69, 9.17) is 11.6 Å². The number of hydrogen-bond acceptors (Lipinski definition) is 5. The van der Waals surface area contributed by atoms with Crippen molar-refractivity contribution in [2.45, 2.75) is 11.4 Å². The minimum Gasteiger partial charge on any atom is -0.349 e. The number of hydrogen-bond donors (Lipinski definition) is 1. The lowest BCUT2D eigenvalue weighted by Crippen LogP contribution is -2.38. The predicted molar refractivity (Wildman–Crippen MR) is 111 cm³/mol. The van der Waals surface area contributed by atoms with Crippen LogP contribution in [-0.4, -0.2) is 37.2 Å². The number of nitrogens with one attached hydrogen (secondary N) is 1. The van der Waals surface area contributed by atoms with Crippen LogP contribution in [-0.2, 0) is 21.4 Å². The summed E-state index contributed by atoms with van der Waals surface area (Å²) in [5, 5.41) is 5.89. The molecule has 1 heterocycles. The average Bonchev–Trinajstić information content (AvgIpc) is 3.16. The van der Waals surface area contributed by atoms with Crippen molar-refractivity contribution in [1.82, 2.24) is 14.6 Å². The summed E-state index contributed by atoms with van der Waals surface area (Å²) in [7, 11) is -2.40. The van der Waals surface area contributed by atoms with Crippen LogP contribution in [0.1, 0.15) is 5.69 Å². The van der Waals surface area contributed by atoms with Crippen LogP contribution < -0.4 is 5.32 Å². The Bertz CT molecular complexity index is 1050. The molecular formula is C19H18ClN3O3S2. The van der Waals surface area contributed by atoms with Crippen LogP contribution in [0.25, 0.3) is 10.6 Å². The second-order valence-corrected chi connectivity index (χ2v) is 9.34. The molecule has 6 nitrogen and oxygen atoms in total. The van der Waals surface area contributed by atoms with Crippen molar-refractivity contribution in [3.63, 3.8) is 0 Å². The normalized spacial score (nSPS) is 11.5. The highest BCUT2D eigenvalue weighted by atomic mass is 35.5. The molecule has 146 valence electrons. The number of benzene rings is 2. The molecule has 0 saturated heterocycles. The third-order valence-corrected chi connectivity index (χ3v) is 6.94. The number of carbonyl (C=O) groups excluding carboxylic acids is 1. The molecular weight excluding hydrogens is 418 g/mol. The molecule has 0 spiro atoms. The van der Waals surface area contributed by atoms with Crippen molar-refractivity contribution in [3.05, 3.63) is 70.7 Å². The number of nitrogens with zero attached hydrogens (tertiary/aromatic N) is 2. The number of halogens is 1.